The Hall–Kier alpha value is -2.38. The topological polar surface area (TPSA) is 82.6 Å². The van der Waals surface area contributed by atoms with Gasteiger partial charge < -0.3 is 10.6 Å². The Balaban J connectivity index is 1.76. The molecule has 0 radical (unpaired) electrons. The van der Waals surface area contributed by atoms with Gasteiger partial charge >= 0.3 is 0 Å². The fourth-order valence-electron chi connectivity index (χ4n) is 2.28. The van der Waals surface area contributed by atoms with Crippen LogP contribution >= 0.6 is 0 Å². The van der Waals surface area contributed by atoms with Crippen molar-refractivity contribution in [2.24, 2.45) is 4.99 Å². The molecule has 3 N–H and O–H groups in total. The lowest BCUT2D eigenvalue weighted by Crippen LogP contribution is -2.41. The number of nitrogens with zero attached hydrogens (tertiary/aromatic N) is 1. The molecule has 0 heterocycles. The Morgan fingerprint density at radius 3 is 2.04 bits per heavy atom. The van der Waals surface area contributed by atoms with Crippen molar-refractivity contribution < 1.29 is 8.42 Å². The van der Waals surface area contributed by atoms with E-state index in [1.807, 2.05) is 6.92 Å². The summed E-state index contributed by atoms with van der Waals surface area (Å²) in [5.41, 5.74) is 3.39. The predicted molar refractivity (Wildman–Crippen MR) is 106 cm³/mol. The normalized spacial score (nSPS) is 12.0. The molecule has 2 aromatic rings. The van der Waals surface area contributed by atoms with E-state index in [9.17, 15) is 8.42 Å². The third-order valence-corrected chi connectivity index (χ3v) is 5.32. The van der Waals surface area contributed by atoms with E-state index < -0.39 is 10.0 Å². The largest absolute Gasteiger partial charge is 0.355 e. The standard InChI is InChI=1S/C19H26N4O2S/c1-15-4-8-17(9-5-15)14-22-19(20-3)21-12-13-23-26(24,25)18-10-6-16(2)7-11-18/h4-11,23H,12-14H2,1-3H3,(H2,20,21,22). The zero-order valence-electron chi connectivity index (χ0n) is 15.4. The summed E-state index contributed by atoms with van der Waals surface area (Å²) in [7, 11) is -1.81. The average molecular weight is 375 g/mol. The van der Waals surface area contributed by atoms with Crippen molar-refractivity contribution in [1.82, 2.24) is 15.4 Å². The van der Waals surface area contributed by atoms with Crippen molar-refractivity contribution in [3.63, 3.8) is 0 Å². The van der Waals surface area contributed by atoms with Gasteiger partial charge in [0.2, 0.25) is 10.0 Å². The van der Waals surface area contributed by atoms with Crippen LogP contribution in [0.15, 0.2) is 58.4 Å². The number of nitrogens with one attached hydrogen (secondary N) is 3. The average Bonchev–Trinajstić information content (AvgIpc) is 2.63. The number of rotatable bonds is 7. The lowest BCUT2D eigenvalue weighted by molar-refractivity contribution is 0.580. The molecule has 2 aromatic carbocycles. The molecule has 2 rings (SSSR count). The van der Waals surface area contributed by atoms with E-state index in [-0.39, 0.29) is 11.4 Å². The van der Waals surface area contributed by atoms with Crippen molar-refractivity contribution in [3.8, 4) is 0 Å². The molecule has 0 fully saturated rings. The first-order chi connectivity index (χ1) is 12.4. The van der Waals surface area contributed by atoms with E-state index in [1.165, 1.54) is 5.56 Å². The number of hydrogen-bond donors (Lipinski definition) is 3. The minimum Gasteiger partial charge on any atom is -0.355 e. The molecule has 0 atom stereocenters. The van der Waals surface area contributed by atoms with Crippen LogP contribution in [0.2, 0.25) is 0 Å². The molecule has 0 aromatic heterocycles. The number of aliphatic imine (C=N–C) groups is 1. The van der Waals surface area contributed by atoms with E-state index >= 15 is 0 Å². The molecule has 0 amide bonds. The summed E-state index contributed by atoms with van der Waals surface area (Å²) < 4.78 is 27.0. The number of hydrogen-bond acceptors (Lipinski definition) is 3. The van der Waals surface area contributed by atoms with E-state index in [2.05, 4.69) is 51.5 Å². The fourth-order valence-corrected chi connectivity index (χ4v) is 3.31. The molecule has 0 saturated heterocycles. The summed E-state index contributed by atoms with van der Waals surface area (Å²) in [6.07, 6.45) is 0. The molecule has 0 aliphatic carbocycles. The summed E-state index contributed by atoms with van der Waals surface area (Å²) in [6.45, 7) is 5.31. The van der Waals surface area contributed by atoms with Gasteiger partial charge in [-0.3, -0.25) is 4.99 Å². The van der Waals surface area contributed by atoms with Gasteiger partial charge in [0.1, 0.15) is 0 Å². The number of benzene rings is 2. The maximum Gasteiger partial charge on any atom is 0.240 e. The van der Waals surface area contributed by atoms with Crippen molar-refractivity contribution in [2.45, 2.75) is 25.3 Å². The van der Waals surface area contributed by atoms with Crippen LogP contribution in [-0.2, 0) is 16.6 Å². The van der Waals surface area contributed by atoms with Gasteiger partial charge in [-0.05, 0) is 31.5 Å². The van der Waals surface area contributed by atoms with Crippen LogP contribution in [0, 0.1) is 13.8 Å². The third kappa shape index (κ3) is 6.16. The minimum atomic E-state index is -3.49. The molecule has 6 nitrogen and oxygen atoms in total. The van der Waals surface area contributed by atoms with E-state index in [4.69, 9.17) is 0 Å². The molecule has 7 heteroatoms. The second-order valence-electron chi connectivity index (χ2n) is 6.05. The highest BCUT2D eigenvalue weighted by molar-refractivity contribution is 7.89. The smallest absolute Gasteiger partial charge is 0.240 e. The van der Waals surface area contributed by atoms with Crippen molar-refractivity contribution >= 4 is 16.0 Å². The van der Waals surface area contributed by atoms with Crippen LogP contribution in [0.5, 0.6) is 0 Å². The van der Waals surface area contributed by atoms with Crippen molar-refractivity contribution in [3.05, 3.63) is 65.2 Å². The Kier molecular flexibility index (Phi) is 7.17. The van der Waals surface area contributed by atoms with Crippen LogP contribution < -0.4 is 15.4 Å². The molecule has 0 spiro atoms. The van der Waals surface area contributed by atoms with Crippen molar-refractivity contribution in [1.29, 1.82) is 0 Å². The Morgan fingerprint density at radius 2 is 1.46 bits per heavy atom. The van der Waals surface area contributed by atoms with Gasteiger partial charge in [0.25, 0.3) is 0 Å². The molecule has 0 aliphatic rings. The summed E-state index contributed by atoms with van der Waals surface area (Å²) in [5, 5.41) is 6.30. The SMILES string of the molecule is CN=C(NCCNS(=O)(=O)c1ccc(C)cc1)NCc1ccc(C)cc1. The van der Waals surface area contributed by atoms with Crippen LogP contribution in [0.3, 0.4) is 0 Å². The number of sulfonamides is 1. The highest BCUT2D eigenvalue weighted by atomic mass is 32.2. The lowest BCUT2D eigenvalue weighted by atomic mass is 10.1. The van der Waals surface area contributed by atoms with Crippen LogP contribution in [0.25, 0.3) is 0 Å². The summed E-state index contributed by atoms with van der Waals surface area (Å²) in [6, 6.07) is 15.0. The number of guanidine groups is 1. The first-order valence-corrected chi connectivity index (χ1v) is 9.95. The first kappa shape index (κ1) is 19.9. The Bertz CT molecular complexity index is 829. The van der Waals surface area contributed by atoms with Gasteiger partial charge in [-0.25, -0.2) is 13.1 Å². The van der Waals surface area contributed by atoms with E-state index in [0.717, 1.165) is 11.1 Å². The minimum absolute atomic E-state index is 0.265. The molecular formula is C19H26N4O2S. The molecule has 26 heavy (non-hydrogen) atoms. The van der Waals surface area contributed by atoms with E-state index in [1.54, 1.807) is 31.3 Å². The molecular weight excluding hydrogens is 348 g/mol. The van der Waals surface area contributed by atoms with Gasteiger partial charge in [-0.15, -0.1) is 0 Å². The molecule has 0 bridgehead atoms. The maximum atomic E-state index is 12.2. The monoisotopic (exact) mass is 374 g/mol. The van der Waals surface area contributed by atoms with Crippen LogP contribution in [0.4, 0.5) is 0 Å². The quantitative estimate of drug-likeness (QED) is 0.393. The Morgan fingerprint density at radius 1 is 0.885 bits per heavy atom. The zero-order chi connectivity index (χ0) is 19.0. The molecule has 0 unspecified atom stereocenters. The van der Waals surface area contributed by atoms with Crippen molar-refractivity contribution in [2.75, 3.05) is 20.1 Å². The number of aryl methyl sites for hydroxylation is 2. The van der Waals surface area contributed by atoms with Crippen LogP contribution in [0.1, 0.15) is 16.7 Å². The van der Waals surface area contributed by atoms with Gasteiger partial charge in [0.05, 0.1) is 4.90 Å². The third-order valence-electron chi connectivity index (χ3n) is 3.84. The van der Waals surface area contributed by atoms with Gasteiger partial charge in [-0.1, -0.05) is 47.5 Å². The second kappa shape index (κ2) is 9.35. The molecule has 140 valence electrons. The zero-order valence-corrected chi connectivity index (χ0v) is 16.2. The molecule has 0 aliphatic heterocycles. The maximum absolute atomic E-state index is 12.2. The highest BCUT2D eigenvalue weighted by Gasteiger charge is 2.12. The summed E-state index contributed by atoms with van der Waals surface area (Å²) >= 11 is 0. The molecule has 0 saturated carbocycles. The van der Waals surface area contributed by atoms with Crippen LogP contribution in [-0.4, -0.2) is 34.5 Å². The van der Waals surface area contributed by atoms with Gasteiger partial charge in [-0.2, -0.15) is 0 Å². The van der Waals surface area contributed by atoms with E-state index in [0.29, 0.717) is 19.0 Å². The first-order valence-electron chi connectivity index (χ1n) is 8.47. The lowest BCUT2D eigenvalue weighted by Gasteiger charge is -2.13. The fraction of sp³-hybridized carbons (Fsp3) is 0.316. The summed E-state index contributed by atoms with van der Waals surface area (Å²) in [5.74, 6) is 0.625. The van der Waals surface area contributed by atoms with Gasteiger partial charge in [0, 0.05) is 26.7 Å². The Labute approximate surface area is 155 Å². The van der Waals surface area contributed by atoms with Gasteiger partial charge in [0.15, 0.2) is 5.96 Å². The second-order valence-corrected chi connectivity index (χ2v) is 7.82. The summed E-state index contributed by atoms with van der Waals surface area (Å²) in [4.78, 5) is 4.41. The highest BCUT2D eigenvalue weighted by Crippen LogP contribution is 2.09. The predicted octanol–water partition coefficient (Wildman–Crippen LogP) is 1.95.